The number of benzene rings is 2. The summed E-state index contributed by atoms with van der Waals surface area (Å²) in [5.74, 6) is 1.56. The Morgan fingerprint density at radius 2 is 1.13 bits per heavy atom. The van der Waals surface area contributed by atoms with Crippen LogP contribution < -0.4 is 59.1 Å². The molecule has 4 aromatic rings. The van der Waals surface area contributed by atoms with Gasteiger partial charge in [0.1, 0.15) is 24.9 Å². The van der Waals surface area contributed by atoms with Crippen molar-refractivity contribution in [3.63, 3.8) is 0 Å². The first-order chi connectivity index (χ1) is 13.8. The number of para-hydroxylation sites is 4. The van der Waals surface area contributed by atoms with Crippen molar-refractivity contribution in [2.45, 2.75) is 13.2 Å². The zero-order chi connectivity index (χ0) is 20.5. The van der Waals surface area contributed by atoms with E-state index < -0.39 is 10.9 Å². The number of hydrogen-bond acceptors (Lipinski definition) is 8. The molecule has 4 rings (SSSR count). The van der Waals surface area contributed by atoms with E-state index in [1.807, 2.05) is 48.5 Å². The second-order valence-corrected chi connectivity index (χ2v) is 18.9. The fourth-order valence-electron chi connectivity index (χ4n) is 2.76. The summed E-state index contributed by atoms with van der Waals surface area (Å²) in [6.07, 6.45) is 0. The predicted molar refractivity (Wildman–Crippen MR) is 130 cm³/mol. The van der Waals surface area contributed by atoms with Gasteiger partial charge in [-0.2, -0.15) is 0 Å². The number of aromatic nitrogens is 4. The van der Waals surface area contributed by atoms with Gasteiger partial charge in [-0.15, -0.1) is 0 Å². The van der Waals surface area contributed by atoms with E-state index in [2.05, 4.69) is 19.9 Å². The number of fused-ring (bicyclic) bond motifs is 2. The van der Waals surface area contributed by atoms with Gasteiger partial charge in [0, 0.05) is 5.90 Å². The number of nitrogens with zero attached hydrogens (tertiary/aromatic N) is 2. The summed E-state index contributed by atoms with van der Waals surface area (Å²) in [5, 5.41) is 0. The molecule has 0 bridgehead atoms. The second-order valence-electron chi connectivity index (χ2n) is 6.31. The fourth-order valence-corrected chi connectivity index (χ4v) is 14.9. The van der Waals surface area contributed by atoms with Gasteiger partial charge in [-0.05, 0) is 24.3 Å². The van der Waals surface area contributed by atoms with E-state index in [0.29, 0.717) is 11.6 Å². The largest absolute Gasteiger partial charge is 1.00 e. The van der Waals surface area contributed by atoms with Gasteiger partial charge >= 0.3 is 59.1 Å². The Bertz CT molecular complexity index is 1110. The molecule has 0 amide bonds. The molecule has 2 heterocycles. The van der Waals surface area contributed by atoms with E-state index in [4.69, 9.17) is 57.2 Å². The maximum Gasteiger partial charge on any atom is 1.00 e. The smallest absolute Gasteiger partial charge is 0.719 e. The molecule has 152 valence electrons. The van der Waals surface area contributed by atoms with E-state index in [0.717, 1.165) is 22.1 Å². The van der Waals surface area contributed by atoms with Crippen LogP contribution in [-0.4, -0.2) is 25.8 Å². The summed E-state index contributed by atoms with van der Waals surface area (Å²) in [5.41, 5.74) is -1.65. The van der Waals surface area contributed by atoms with Gasteiger partial charge in [0.2, 0.25) is 0 Å². The first-order valence-electron chi connectivity index (χ1n) is 8.56. The van der Waals surface area contributed by atoms with Crippen molar-refractivity contribution in [1.29, 1.82) is 0 Å². The zero-order valence-electron chi connectivity index (χ0n) is 17.0. The minimum absolute atomic E-state index is 0. The van der Waals surface area contributed by atoms with Crippen molar-refractivity contribution in [3.8, 4) is 0 Å². The molecule has 0 fully saturated rings. The van der Waals surface area contributed by atoms with Crippen LogP contribution >= 0.6 is 10.9 Å². The molecule has 2 aromatic heterocycles. The molecule has 0 radical (unpaired) electrons. The fraction of sp³-hybridized carbons (Fsp3) is 0.176. The summed E-state index contributed by atoms with van der Waals surface area (Å²) in [4.78, 5) is 15.3. The van der Waals surface area contributed by atoms with Crippen LogP contribution in [0.15, 0.2) is 48.5 Å². The van der Waals surface area contributed by atoms with Crippen LogP contribution in [0.1, 0.15) is 11.6 Å². The van der Waals surface area contributed by atoms with E-state index in [1.165, 1.54) is 0 Å². The molecular weight excluding hydrogens is 528 g/mol. The first-order valence-corrected chi connectivity index (χ1v) is 16.4. The SMILES string of the molecule is S=P([S-])(CP(=S)([S-])OCc1nc2ccccc2[nH]1)OCc1nc2ccccc2[nH]1.[Na+].[Na+]. The zero-order valence-corrected chi connectivity index (χ0v) is 26.0. The summed E-state index contributed by atoms with van der Waals surface area (Å²) in [7, 11) is 0. The molecule has 0 aliphatic carbocycles. The third kappa shape index (κ3) is 8.18. The van der Waals surface area contributed by atoms with Gasteiger partial charge in [-0.1, -0.05) is 58.8 Å². The number of imidazole rings is 2. The van der Waals surface area contributed by atoms with Crippen LogP contribution in [0.5, 0.6) is 0 Å². The Hall–Kier alpha value is 1.30. The quantitative estimate of drug-likeness (QED) is 0.164. The number of aromatic amines is 2. The molecule has 2 aromatic carbocycles. The van der Waals surface area contributed by atoms with Crippen LogP contribution in [-0.2, 0) is 70.4 Å². The molecule has 0 spiro atoms. The molecular formula is C17H16N4Na2O2P2S4. The molecule has 0 aliphatic rings. The summed E-state index contributed by atoms with van der Waals surface area (Å²) >= 11 is 22.0. The normalized spacial score (nSPS) is 15.0. The van der Waals surface area contributed by atoms with Crippen molar-refractivity contribution in [3.05, 3.63) is 60.2 Å². The van der Waals surface area contributed by atoms with Crippen LogP contribution in [0.25, 0.3) is 22.1 Å². The minimum atomic E-state index is -2.63. The van der Waals surface area contributed by atoms with E-state index in [9.17, 15) is 0 Å². The standard InChI is InChI=1S/C17H18N4O2P2S4.2Na/c26-24(27,22-9-16-18-12-5-1-2-6-13(12)19-16)11-25(28,29)23-10-17-20-14-7-3-4-8-15(14)21-17;;/h1-8H,9-11H2,(H,18,19)(H,20,21)(H,26,27)(H,28,29);;/q;2*+1/p-2. The molecule has 31 heavy (non-hydrogen) atoms. The molecule has 2 N–H and O–H groups in total. The number of H-pyrrole nitrogens is 2. The topological polar surface area (TPSA) is 75.8 Å². The van der Waals surface area contributed by atoms with Crippen molar-refractivity contribution in [1.82, 2.24) is 19.9 Å². The number of nitrogens with one attached hydrogen (secondary N) is 2. The van der Waals surface area contributed by atoms with Gasteiger partial charge in [0.05, 0.1) is 22.1 Å². The maximum atomic E-state index is 5.82. The molecule has 0 aliphatic heterocycles. The monoisotopic (exact) mass is 544 g/mol. The number of rotatable bonds is 8. The van der Waals surface area contributed by atoms with Crippen LogP contribution in [0, 0.1) is 0 Å². The molecule has 14 heteroatoms. The summed E-state index contributed by atoms with van der Waals surface area (Å²) < 4.78 is 11.6. The second kappa shape index (κ2) is 12.3. The van der Waals surface area contributed by atoms with Gasteiger partial charge in [-0.25, -0.2) is 9.97 Å². The van der Waals surface area contributed by atoms with E-state index >= 15 is 0 Å². The Labute approximate surface area is 245 Å². The van der Waals surface area contributed by atoms with Crippen LogP contribution in [0.2, 0.25) is 0 Å². The Balaban J connectivity index is 0.00000171. The van der Waals surface area contributed by atoms with Crippen molar-refractivity contribution in [2.24, 2.45) is 0 Å². The van der Waals surface area contributed by atoms with Gasteiger partial charge in [0.25, 0.3) is 0 Å². The van der Waals surface area contributed by atoms with Gasteiger partial charge in [-0.3, -0.25) is 0 Å². The van der Waals surface area contributed by atoms with E-state index in [-0.39, 0.29) is 78.2 Å². The number of hydrogen-bond donors (Lipinski definition) is 2. The summed E-state index contributed by atoms with van der Waals surface area (Å²) in [6, 6.07) is 15.5. The minimum Gasteiger partial charge on any atom is -0.719 e. The van der Waals surface area contributed by atoms with Crippen molar-refractivity contribution in [2.75, 3.05) is 5.90 Å². The Morgan fingerprint density at radius 3 is 1.52 bits per heavy atom. The molecule has 6 nitrogen and oxygen atoms in total. The maximum absolute atomic E-state index is 5.82. The molecule has 0 saturated carbocycles. The summed E-state index contributed by atoms with van der Waals surface area (Å²) in [6.45, 7) is 0.396. The van der Waals surface area contributed by atoms with Gasteiger partial charge in [0.15, 0.2) is 0 Å². The Morgan fingerprint density at radius 1 is 0.742 bits per heavy atom. The Kier molecular flexibility index (Phi) is 11.3. The van der Waals surface area contributed by atoms with Crippen molar-refractivity contribution >= 4 is 81.1 Å². The average molecular weight is 545 g/mol. The van der Waals surface area contributed by atoms with Crippen molar-refractivity contribution < 1.29 is 68.2 Å². The molecule has 2 unspecified atom stereocenters. The van der Waals surface area contributed by atoms with E-state index in [1.54, 1.807) is 0 Å². The predicted octanol–water partition coefficient (Wildman–Crippen LogP) is -1.15. The molecule has 0 saturated heterocycles. The first kappa shape index (κ1) is 28.5. The molecule has 2 atom stereocenters. The average Bonchev–Trinajstić information content (AvgIpc) is 3.27. The van der Waals surface area contributed by atoms with Crippen LogP contribution in [0.3, 0.4) is 0 Å². The van der Waals surface area contributed by atoms with Crippen LogP contribution in [0.4, 0.5) is 0 Å². The third-order valence-electron chi connectivity index (χ3n) is 4.02. The van der Waals surface area contributed by atoms with Gasteiger partial charge < -0.3 is 43.5 Å². The third-order valence-corrected chi connectivity index (χ3v) is 13.3.